The molecule has 0 saturated heterocycles. The van der Waals surface area contributed by atoms with E-state index in [9.17, 15) is 0 Å². The molecule has 2 heteroatoms. The number of amidine groups is 1. The van der Waals surface area contributed by atoms with Crippen molar-refractivity contribution in [3.8, 4) is 0 Å². The van der Waals surface area contributed by atoms with Crippen molar-refractivity contribution in [1.29, 1.82) is 0 Å². The third-order valence-corrected chi connectivity index (χ3v) is 1.63. The van der Waals surface area contributed by atoms with Gasteiger partial charge in [-0.15, -0.1) is 0 Å². The molecule has 1 aliphatic rings. The van der Waals surface area contributed by atoms with Crippen molar-refractivity contribution in [2.45, 2.75) is 13.8 Å². The van der Waals surface area contributed by atoms with E-state index < -0.39 is 0 Å². The average Bonchev–Trinajstić information content (AvgIpc) is 1.96. The van der Waals surface area contributed by atoms with Crippen LogP contribution in [0, 0.1) is 5.92 Å². The minimum atomic E-state index is 0.254. The highest BCUT2D eigenvalue weighted by Gasteiger charge is 2.10. The molecule has 1 heterocycles. The minimum absolute atomic E-state index is 0.254. The summed E-state index contributed by atoms with van der Waals surface area (Å²) in [5, 5.41) is 0. The van der Waals surface area contributed by atoms with Gasteiger partial charge in [0.2, 0.25) is 0 Å². The molecular formula is C9H14N2. The summed E-state index contributed by atoms with van der Waals surface area (Å²) in [5.74, 6) is 0.414. The second-order valence-corrected chi connectivity index (χ2v) is 3.01. The zero-order valence-corrected chi connectivity index (χ0v) is 7.26. The van der Waals surface area contributed by atoms with Gasteiger partial charge in [0.25, 0.3) is 0 Å². The molecule has 0 N–H and O–H groups in total. The second kappa shape index (κ2) is 2.91. The van der Waals surface area contributed by atoms with E-state index in [2.05, 4.69) is 25.4 Å². The van der Waals surface area contributed by atoms with Crippen LogP contribution in [-0.2, 0) is 0 Å². The number of nitrogens with zero attached hydrogens (tertiary/aromatic N) is 2. The van der Waals surface area contributed by atoms with Crippen LogP contribution in [0.2, 0.25) is 0 Å². The Hall–Kier alpha value is -1.05. The highest BCUT2D eigenvalue weighted by Crippen LogP contribution is 2.21. The molecular weight excluding hydrogens is 136 g/mol. The fraction of sp³-hybridized carbons (Fsp3) is 0.444. The van der Waals surface area contributed by atoms with Crippen molar-refractivity contribution in [1.82, 2.24) is 4.90 Å². The van der Waals surface area contributed by atoms with E-state index >= 15 is 0 Å². The highest BCUT2D eigenvalue weighted by atomic mass is 15.1. The predicted octanol–water partition coefficient (Wildman–Crippen LogP) is 2.01. The van der Waals surface area contributed by atoms with Gasteiger partial charge in [-0.1, -0.05) is 20.4 Å². The first kappa shape index (κ1) is 6.65. The molecule has 1 rings (SSSR count). The lowest BCUT2D eigenvalue weighted by molar-refractivity contribution is 0.653. The van der Waals surface area contributed by atoms with E-state index in [-0.39, 0.29) is 6.31 Å². The van der Waals surface area contributed by atoms with Crippen LogP contribution in [0.15, 0.2) is 29.0 Å². The quantitative estimate of drug-likeness (QED) is 0.561. The van der Waals surface area contributed by atoms with Crippen molar-refractivity contribution in [3.05, 3.63) is 24.0 Å². The van der Waals surface area contributed by atoms with Gasteiger partial charge in [0.05, 0.1) is 12.0 Å². The van der Waals surface area contributed by atoms with Gasteiger partial charge < -0.3 is 4.90 Å². The summed E-state index contributed by atoms with van der Waals surface area (Å²) < 4.78 is 7.41. The van der Waals surface area contributed by atoms with Gasteiger partial charge in [0, 0.05) is 13.2 Å². The molecule has 0 radical (unpaired) electrons. The molecule has 0 aromatic rings. The Morgan fingerprint density at radius 1 is 1.73 bits per heavy atom. The number of hydrogen-bond acceptors (Lipinski definition) is 2. The van der Waals surface area contributed by atoms with Crippen LogP contribution in [0.25, 0.3) is 0 Å². The normalized spacial score (nSPS) is 19.8. The topological polar surface area (TPSA) is 15.6 Å². The molecule has 2 nitrogen and oxygen atoms in total. The minimum Gasteiger partial charge on any atom is -0.342 e. The Morgan fingerprint density at radius 2 is 2.36 bits per heavy atom. The molecule has 0 atom stereocenters. The molecule has 0 aliphatic carbocycles. The fourth-order valence-corrected chi connectivity index (χ4v) is 0.998. The van der Waals surface area contributed by atoms with Gasteiger partial charge >= 0.3 is 0 Å². The van der Waals surface area contributed by atoms with E-state index in [1.165, 1.54) is 0 Å². The molecule has 0 fully saturated rings. The van der Waals surface area contributed by atoms with E-state index in [0.29, 0.717) is 11.6 Å². The number of rotatable bonds is 1. The fourth-order valence-electron chi connectivity index (χ4n) is 0.998. The predicted molar refractivity (Wildman–Crippen MR) is 48.3 cm³/mol. The van der Waals surface area contributed by atoms with Crippen LogP contribution in [0.5, 0.6) is 0 Å². The van der Waals surface area contributed by atoms with Crippen molar-refractivity contribution in [3.63, 3.8) is 0 Å². The SMILES string of the molecule is [3H]C1=NC(=C)C(C(C)C)=CN1C. The number of aliphatic imine (C=N–C) groups is 1. The van der Waals surface area contributed by atoms with Crippen LogP contribution in [0.3, 0.4) is 0 Å². The molecule has 1 aliphatic heterocycles. The standard InChI is InChI=1S/C9H14N2/c1-7(2)9-5-11(4)6-10-8(9)3/h5-7H,3H2,1-2,4H3/i6T. The molecule has 0 spiro atoms. The summed E-state index contributed by atoms with van der Waals surface area (Å²) in [6.45, 7) is 7.98. The van der Waals surface area contributed by atoms with Crippen LogP contribution in [0.4, 0.5) is 0 Å². The lowest BCUT2D eigenvalue weighted by atomic mass is 10.0. The maximum absolute atomic E-state index is 7.41. The molecule has 0 aromatic heterocycles. The van der Waals surface area contributed by atoms with Crippen LogP contribution in [-0.4, -0.2) is 18.3 Å². The maximum atomic E-state index is 7.41. The van der Waals surface area contributed by atoms with Crippen LogP contribution in [0.1, 0.15) is 15.2 Å². The highest BCUT2D eigenvalue weighted by molar-refractivity contribution is 5.62. The number of allylic oxidation sites excluding steroid dienone is 1. The molecule has 11 heavy (non-hydrogen) atoms. The van der Waals surface area contributed by atoms with Crippen LogP contribution < -0.4 is 0 Å². The first-order chi connectivity index (χ1) is 5.52. The van der Waals surface area contributed by atoms with Gasteiger partial charge in [-0.2, -0.15) is 0 Å². The average molecular weight is 152 g/mol. The molecule has 0 unspecified atom stereocenters. The van der Waals surface area contributed by atoms with Gasteiger partial charge in [-0.3, -0.25) is 0 Å². The molecule has 0 aromatic carbocycles. The summed E-state index contributed by atoms with van der Waals surface area (Å²) >= 11 is 0. The van der Waals surface area contributed by atoms with Crippen molar-refractivity contribution >= 4 is 6.31 Å². The smallest absolute Gasteiger partial charge is 0.104 e. The Morgan fingerprint density at radius 3 is 2.91 bits per heavy atom. The van der Waals surface area contributed by atoms with E-state index in [4.69, 9.17) is 1.37 Å². The molecule has 60 valence electrons. The Labute approximate surface area is 69.3 Å². The second-order valence-electron chi connectivity index (χ2n) is 3.01. The van der Waals surface area contributed by atoms with E-state index in [1.807, 2.05) is 13.2 Å². The van der Waals surface area contributed by atoms with Crippen LogP contribution >= 0.6 is 0 Å². The van der Waals surface area contributed by atoms with Gasteiger partial charge in [0.15, 0.2) is 0 Å². The monoisotopic (exact) mass is 152 g/mol. The summed E-state index contributed by atoms with van der Waals surface area (Å²) in [6, 6.07) is 0. The molecule has 0 bridgehead atoms. The molecule has 0 saturated carbocycles. The molecule has 0 amide bonds. The number of hydrogen-bond donors (Lipinski definition) is 0. The zero-order valence-electron chi connectivity index (χ0n) is 8.26. The summed E-state index contributed by atoms with van der Waals surface area (Å²) in [7, 11) is 1.82. The summed E-state index contributed by atoms with van der Waals surface area (Å²) in [4.78, 5) is 5.71. The van der Waals surface area contributed by atoms with Gasteiger partial charge in [-0.05, 0) is 11.5 Å². The first-order valence-corrected chi connectivity index (χ1v) is 3.71. The summed E-state index contributed by atoms with van der Waals surface area (Å²) in [5.41, 5.74) is 1.82. The van der Waals surface area contributed by atoms with E-state index in [1.54, 1.807) is 4.90 Å². The van der Waals surface area contributed by atoms with Gasteiger partial charge in [-0.25, -0.2) is 4.99 Å². The third-order valence-electron chi connectivity index (χ3n) is 1.63. The Balaban J connectivity index is 2.93. The van der Waals surface area contributed by atoms with Crippen molar-refractivity contribution < 1.29 is 1.37 Å². The van der Waals surface area contributed by atoms with Crippen molar-refractivity contribution in [2.75, 3.05) is 7.05 Å². The largest absolute Gasteiger partial charge is 0.342 e. The van der Waals surface area contributed by atoms with E-state index in [0.717, 1.165) is 5.57 Å². The first-order valence-electron chi connectivity index (χ1n) is 4.21. The third kappa shape index (κ3) is 1.70. The Bertz CT molecular complexity index is 264. The Kier molecular flexibility index (Phi) is 1.76. The maximum Gasteiger partial charge on any atom is 0.104 e. The summed E-state index contributed by atoms with van der Waals surface area (Å²) in [6.07, 6.45) is 2.17. The lowest BCUT2D eigenvalue weighted by Gasteiger charge is -2.19. The zero-order chi connectivity index (χ0) is 9.30. The lowest BCUT2D eigenvalue weighted by Crippen LogP contribution is -2.15. The van der Waals surface area contributed by atoms with Gasteiger partial charge in [0.1, 0.15) is 1.37 Å². The van der Waals surface area contributed by atoms with Crippen molar-refractivity contribution in [2.24, 2.45) is 10.9 Å².